The Kier molecular flexibility index (Phi) is 7.16. The Hall–Kier alpha value is -1.31. The summed E-state index contributed by atoms with van der Waals surface area (Å²) in [4.78, 5) is 2.50. The molecule has 0 spiro atoms. The predicted octanol–water partition coefficient (Wildman–Crippen LogP) is 6.40. The number of nitrogens with zero attached hydrogens (tertiary/aromatic N) is 1. The van der Waals surface area contributed by atoms with E-state index in [1.807, 2.05) is 0 Å². The van der Waals surface area contributed by atoms with Gasteiger partial charge in [0.2, 0.25) is 0 Å². The van der Waals surface area contributed by atoms with Gasteiger partial charge in [-0.3, -0.25) is 4.90 Å². The summed E-state index contributed by atoms with van der Waals surface area (Å²) in [5, 5.41) is 0.331. The van der Waals surface area contributed by atoms with E-state index < -0.39 is 0 Å². The Bertz CT molecular complexity index is 652. The second-order valence-electron chi connectivity index (χ2n) is 7.80. The minimum absolute atomic E-state index is 0.331. The number of aryl methyl sites for hydroxylation is 1. The van der Waals surface area contributed by atoms with Crippen molar-refractivity contribution in [2.75, 3.05) is 7.05 Å². The summed E-state index contributed by atoms with van der Waals surface area (Å²) in [5.74, 6) is 0.561. The highest BCUT2D eigenvalue weighted by Crippen LogP contribution is 2.38. The van der Waals surface area contributed by atoms with Crippen molar-refractivity contribution < 1.29 is 0 Å². The molecule has 1 fully saturated rings. The largest absolute Gasteiger partial charge is 0.299 e. The van der Waals surface area contributed by atoms with Crippen molar-refractivity contribution in [1.82, 2.24) is 4.90 Å². The first-order valence-electron chi connectivity index (χ1n) is 10.1. The van der Waals surface area contributed by atoms with E-state index in [-0.39, 0.29) is 0 Å². The van der Waals surface area contributed by atoms with Crippen LogP contribution in [-0.4, -0.2) is 23.4 Å². The second-order valence-corrected chi connectivity index (χ2v) is 8.36. The van der Waals surface area contributed by atoms with Crippen LogP contribution in [0.2, 0.25) is 0 Å². The van der Waals surface area contributed by atoms with Crippen LogP contribution in [0.25, 0.3) is 0 Å². The Balaban J connectivity index is 1.53. The van der Waals surface area contributed by atoms with Gasteiger partial charge in [0.25, 0.3) is 0 Å². The van der Waals surface area contributed by atoms with Crippen molar-refractivity contribution in [2.45, 2.75) is 69.3 Å². The van der Waals surface area contributed by atoms with Crippen molar-refractivity contribution in [2.24, 2.45) is 0 Å². The Morgan fingerprint density at radius 1 is 1.00 bits per heavy atom. The maximum atomic E-state index is 6.47. The quantitative estimate of drug-likeness (QED) is 0.486. The highest BCUT2D eigenvalue weighted by molar-refractivity contribution is 6.21. The molecule has 0 N–H and O–H groups in total. The third-order valence-corrected chi connectivity index (χ3v) is 6.50. The van der Waals surface area contributed by atoms with Crippen LogP contribution < -0.4 is 0 Å². The van der Waals surface area contributed by atoms with Crippen molar-refractivity contribution in [3.8, 4) is 0 Å². The van der Waals surface area contributed by atoms with Crippen molar-refractivity contribution in [1.29, 1.82) is 0 Å². The van der Waals surface area contributed by atoms with Gasteiger partial charge in [0.1, 0.15) is 0 Å². The third kappa shape index (κ3) is 5.11. The fourth-order valence-corrected chi connectivity index (χ4v) is 4.72. The van der Waals surface area contributed by atoms with Gasteiger partial charge < -0.3 is 0 Å². The van der Waals surface area contributed by atoms with Crippen molar-refractivity contribution in [3.63, 3.8) is 0 Å². The summed E-state index contributed by atoms with van der Waals surface area (Å²) in [6.45, 7) is 3.33. The number of rotatable bonds is 8. The van der Waals surface area contributed by atoms with E-state index in [4.69, 9.17) is 11.6 Å². The molecule has 1 nitrogen and oxygen atoms in total. The fraction of sp³-hybridized carbons (Fsp3) is 0.500. The molecule has 0 aliphatic heterocycles. The summed E-state index contributed by atoms with van der Waals surface area (Å²) in [6.07, 6.45) is 7.23. The molecule has 2 heteroatoms. The van der Waals surface area contributed by atoms with Crippen LogP contribution in [0.3, 0.4) is 0 Å². The highest BCUT2D eigenvalue weighted by Gasteiger charge is 2.26. The standard InChI is InChI=1S/C24H32ClN/c1-3-22(26(2)18-20-8-5-4-6-9-20)17-14-19-12-15-21(16-13-19)23-10-7-11-24(23)25/h4-6,8-9,12-13,15-16,22-24H,3,7,10-11,14,17-18H2,1-2H3. The van der Waals surface area contributed by atoms with Gasteiger partial charge in [-0.1, -0.05) is 67.9 Å². The zero-order valence-corrected chi connectivity index (χ0v) is 17.0. The van der Waals surface area contributed by atoms with Crippen LogP contribution in [0.5, 0.6) is 0 Å². The number of hydrogen-bond acceptors (Lipinski definition) is 1. The lowest BCUT2D eigenvalue weighted by molar-refractivity contribution is 0.216. The van der Waals surface area contributed by atoms with Gasteiger partial charge in [-0.25, -0.2) is 0 Å². The zero-order valence-electron chi connectivity index (χ0n) is 16.2. The average Bonchev–Trinajstić information content (AvgIpc) is 3.09. The molecule has 2 aromatic carbocycles. The van der Waals surface area contributed by atoms with Crippen LogP contribution >= 0.6 is 11.6 Å². The molecule has 0 saturated heterocycles. The SMILES string of the molecule is CCC(CCc1ccc(C2CCCC2Cl)cc1)N(C)Cc1ccccc1. The lowest BCUT2D eigenvalue weighted by Crippen LogP contribution is -2.31. The summed E-state index contributed by atoms with van der Waals surface area (Å²) < 4.78 is 0. The average molecular weight is 370 g/mol. The highest BCUT2D eigenvalue weighted by atomic mass is 35.5. The minimum atomic E-state index is 0.331. The van der Waals surface area contributed by atoms with Gasteiger partial charge in [0, 0.05) is 23.9 Å². The molecule has 26 heavy (non-hydrogen) atoms. The van der Waals surface area contributed by atoms with E-state index in [9.17, 15) is 0 Å². The molecule has 1 saturated carbocycles. The van der Waals surface area contributed by atoms with Crippen LogP contribution in [0.4, 0.5) is 0 Å². The first kappa shape index (κ1) is 19.5. The summed E-state index contributed by atoms with van der Waals surface area (Å²) in [5.41, 5.74) is 4.27. The minimum Gasteiger partial charge on any atom is -0.299 e. The van der Waals surface area contributed by atoms with E-state index in [1.54, 1.807) is 0 Å². The van der Waals surface area contributed by atoms with Gasteiger partial charge in [0.15, 0.2) is 0 Å². The fourth-order valence-electron chi connectivity index (χ4n) is 4.29. The van der Waals surface area contributed by atoms with E-state index in [0.29, 0.717) is 17.3 Å². The van der Waals surface area contributed by atoms with Crippen LogP contribution in [0, 0.1) is 0 Å². The lowest BCUT2D eigenvalue weighted by Gasteiger charge is -2.27. The number of benzene rings is 2. The molecule has 0 heterocycles. The van der Waals surface area contributed by atoms with Gasteiger partial charge >= 0.3 is 0 Å². The number of alkyl halides is 1. The Morgan fingerprint density at radius 3 is 2.35 bits per heavy atom. The molecule has 0 bridgehead atoms. The second kappa shape index (κ2) is 9.58. The zero-order chi connectivity index (χ0) is 18.4. The predicted molar refractivity (Wildman–Crippen MR) is 113 cm³/mol. The smallest absolute Gasteiger partial charge is 0.0404 e. The first-order chi connectivity index (χ1) is 12.7. The normalized spacial score (nSPS) is 21.2. The molecule has 3 unspecified atom stereocenters. The van der Waals surface area contributed by atoms with Crippen LogP contribution in [0.15, 0.2) is 54.6 Å². The lowest BCUT2D eigenvalue weighted by atomic mass is 9.95. The molecule has 0 radical (unpaired) electrons. The topological polar surface area (TPSA) is 3.24 Å². The maximum Gasteiger partial charge on any atom is 0.0404 e. The van der Waals surface area contributed by atoms with Crippen molar-refractivity contribution in [3.05, 3.63) is 71.3 Å². The molecule has 3 atom stereocenters. The molecule has 140 valence electrons. The molecule has 0 amide bonds. The van der Waals surface area contributed by atoms with E-state index in [2.05, 4.69) is 73.5 Å². The van der Waals surface area contributed by atoms with Crippen LogP contribution in [0.1, 0.15) is 61.6 Å². The van der Waals surface area contributed by atoms with Crippen LogP contribution in [-0.2, 0) is 13.0 Å². The molecule has 3 rings (SSSR count). The monoisotopic (exact) mass is 369 g/mol. The third-order valence-electron chi connectivity index (χ3n) is 5.98. The summed E-state index contributed by atoms with van der Waals surface area (Å²) in [6, 6.07) is 20.7. The van der Waals surface area contributed by atoms with Gasteiger partial charge in [-0.15, -0.1) is 11.6 Å². The first-order valence-corrected chi connectivity index (χ1v) is 10.6. The maximum absolute atomic E-state index is 6.47. The summed E-state index contributed by atoms with van der Waals surface area (Å²) in [7, 11) is 2.25. The van der Waals surface area contributed by atoms with Gasteiger partial charge in [0.05, 0.1) is 0 Å². The Morgan fingerprint density at radius 2 is 1.73 bits per heavy atom. The molecule has 1 aliphatic carbocycles. The molecular weight excluding hydrogens is 338 g/mol. The van der Waals surface area contributed by atoms with Gasteiger partial charge in [-0.2, -0.15) is 0 Å². The summed E-state index contributed by atoms with van der Waals surface area (Å²) >= 11 is 6.47. The number of hydrogen-bond donors (Lipinski definition) is 0. The van der Waals surface area contributed by atoms with E-state index in [0.717, 1.165) is 13.0 Å². The van der Waals surface area contributed by atoms with Gasteiger partial charge in [-0.05, 0) is 55.8 Å². The molecule has 2 aromatic rings. The van der Waals surface area contributed by atoms with Crippen molar-refractivity contribution >= 4 is 11.6 Å². The molecule has 1 aliphatic rings. The number of halogens is 1. The molecule has 0 aromatic heterocycles. The van der Waals surface area contributed by atoms with E-state index >= 15 is 0 Å². The van der Waals surface area contributed by atoms with E-state index in [1.165, 1.54) is 48.8 Å². The molecular formula is C24H32ClN. The Labute approximate surface area is 164 Å².